The maximum absolute atomic E-state index is 4.80. The van der Waals surface area contributed by atoms with E-state index in [9.17, 15) is 0 Å². The second kappa shape index (κ2) is 3.55. The second-order valence-corrected chi connectivity index (χ2v) is 1.50. The zero-order chi connectivity index (χ0) is 7.23. The third-order valence-corrected chi connectivity index (χ3v) is 0.829. The summed E-state index contributed by atoms with van der Waals surface area (Å²) in [5.41, 5.74) is 0. The molecule has 52 valence electrons. The minimum atomic E-state index is 0.464. The molecule has 1 rings (SSSR count). The van der Waals surface area contributed by atoms with E-state index in [4.69, 9.17) is 4.42 Å². The maximum Gasteiger partial charge on any atom is 0.241 e. The van der Waals surface area contributed by atoms with E-state index < -0.39 is 0 Å². The van der Waals surface area contributed by atoms with Crippen LogP contribution in [-0.4, -0.2) is 16.4 Å². The maximum atomic E-state index is 4.80. The van der Waals surface area contributed by atoms with E-state index in [2.05, 4.69) is 15.2 Å². The largest absolute Gasteiger partial charge is 0.424 e. The van der Waals surface area contributed by atoms with Gasteiger partial charge in [0.2, 0.25) is 12.3 Å². The van der Waals surface area contributed by atoms with Gasteiger partial charge in [-0.2, -0.15) is 0 Å². The zero-order valence-corrected chi connectivity index (χ0v) is 5.56. The standard InChI is InChI=1S/C6H7N3O/c1-2-7-4-3-6-9-8-5-10-6/h2-5H,1H3/b4-3+,7-2?. The number of nitrogens with zero attached hydrogens (tertiary/aromatic N) is 3. The molecule has 0 fully saturated rings. The van der Waals surface area contributed by atoms with Gasteiger partial charge in [0, 0.05) is 18.5 Å². The second-order valence-electron chi connectivity index (χ2n) is 1.50. The van der Waals surface area contributed by atoms with Crippen LogP contribution in [0.25, 0.3) is 6.08 Å². The Morgan fingerprint density at radius 1 is 1.70 bits per heavy atom. The van der Waals surface area contributed by atoms with Crippen molar-refractivity contribution in [2.45, 2.75) is 6.92 Å². The Morgan fingerprint density at radius 3 is 3.20 bits per heavy atom. The van der Waals surface area contributed by atoms with Gasteiger partial charge in [0.25, 0.3) is 0 Å². The molecule has 0 aromatic carbocycles. The first-order valence-electron chi connectivity index (χ1n) is 2.84. The van der Waals surface area contributed by atoms with Gasteiger partial charge in [-0.05, 0) is 6.92 Å². The van der Waals surface area contributed by atoms with E-state index in [1.54, 1.807) is 18.5 Å². The highest BCUT2D eigenvalue weighted by molar-refractivity contribution is 5.55. The van der Waals surface area contributed by atoms with Crippen LogP contribution >= 0.6 is 0 Å². The van der Waals surface area contributed by atoms with Crippen molar-refractivity contribution in [1.82, 2.24) is 10.2 Å². The summed E-state index contributed by atoms with van der Waals surface area (Å²) in [4.78, 5) is 3.81. The molecule has 0 spiro atoms. The molecule has 0 amide bonds. The fourth-order valence-electron chi connectivity index (χ4n) is 0.447. The molecule has 0 saturated heterocycles. The Labute approximate surface area is 58.3 Å². The molecular formula is C6H7N3O. The van der Waals surface area contributed by atoms with E-state index in [1.165, 1.54) is 6.39 Å². The number of hydrogen-bond acceptors (Lipinski definition) is 4. The highest BCUT2D eigenvalue weighted by atomic mass is 16.4. The van der Waals surface area contributed by atoms with E-state index in [0.29, 0.717) is 5.89 Å². The molecule has 1 heterocycles. The Morgan fingerprint density at radius 2 is 2.60 bits per heavy atom. The first-order chi connectivity index (χ1) is 4.93. The van der Waals surface area contributed by atoms with Gasteiger partial charge in [0.05, 0.1) is 0 Å². The van der Waals surface area contributed by atoms with Crippen LogP contribution in [-0.2, 0) is 0 Å². The molecule has 1 aromatic heterocycles. The SMILES string of the molecule is CC=N/C=C/c1nnco1. The Hall–Kier alpha value is -1.45. The summed E-state index contributed by atoms with van der Waals surface area (Å²) in [5, 5.41) is 7.09. The fourth-order valence-corrected chi connectivity index (χ4v) is 0.447. The van der Waals surface area contributed by atoms with Gasteiger partial charge in [-0.3, -0.25) is 4.99 Å². The van der Waals surface area contributed by atoms with Crippen LogP contribution in [0.5, 0.6) is 0 Å². The summed E-state index contributed by atoms with van der Waals surface area (Å²) in [5.74, 6) is 0.464. The van der Waals surface area contributed by atoms with Crippen LogP contribution in [0.4, 0.5) is 0 Å². The summed E-state index contributed by atoms with van der Waals surface area (Å²) >= 11 is 0. The van der Waals surface area contributed by atoms with Crippen LogP contribution in [0.3, 0.4) is 0 Å². The normalized spacial score (nSPS) is 11.7. The van der Waals surface area contributed by atoms with E-state index >= 15 is 0 Å². The highest BCUT2D eigenvalue weighted by Gasteiger charge is 1.86. The molecule has 0 aliphatic heterocycles. The number of aliphatic imine (C=N–C) groups is 1. The van der Waals surface area contributed by atoms with Crippen molar-refractivity contribution in [3.05, 3.63) is 18.5 Å². The lowest BCUT2D eigenvalue weighted by Gasteiger charge is -1.74. The van der Waals surface area contributed by atoms with Crippen molar-refractivity contribution in [3.8, 4) is 0 Å². The van der Waals surface area contributed by atoms with Crippen LogP contribution in [0.2, 0.25) is 0 Å². The average molecular weight is 137 g/mol. The molecule has 0 saturated carbocycles. The van der Waals surface area contributed by atoms with Gasteiger partial charge in [-0.15, -0.1) is 10.2 Å². The molecule has 4 heteroatoms. The minimum Gasteiger partial charge on any atom is -0.424 e. The van der Waals surface area contributed by atoms with E-state index in [0.717, 1.165) is 0 Å². The van der Waals surface area contributed by atoms with E-state index in [-0.39, 0.29) is 0 Å². The van der Waals surface area contributed by atoms with Gasteiger partial charge >= 0.3 is 0 Å². The molecule has 0 bridgehead atoms. The molecule has 1 aromatic rings. The fraction of sp³-hybridized carbons (Fsp3) is 0.167. The van der Waals surface area contributed by atoms with Gasteiger partial charge in [0.1, 0.15) is 0 Å². The first-order valence-corrected chi connectivity index (χ1v) is 2.84. The topological polar surface area (TPSA) is 51.3 Å². The van der Waals surface area contributed by atoms with E-state index in [1.807, 2.05) is 6.92 Å². The Balaban J connectivity index is 2.55. The summed E-state index contributed by atoms with van der Waals surface area (Å²) < 4.78 is 4.80. The number of hydrogen-bond donors (Lipinski definition) is 0. The monoisotopic (exact) mass is 137 g/mol. The van der Waals surface area contributed by atoms with Gasteiger partial charge in [-0.1, -0.05) is 0 Å². The molecule has 4 nitrogen and oxygen atoms in total. The number of aromatic nitrogens is 2. The lowest BCUT2D eigenvalue weighted by Crippen LogP contribution is -1.68. The summed E-state index contributed by atoms with van der Waals surface area (Å²) in [6, 6.07) is 0. The van der Waals surface area contributed by atoms with Gasteiger partial charge in [-0.25, -0.2) is 0 Å². The lowest BCUT2D eigenvalue weighted by molar-refractivity contribution is 0.542. The molecule has 0 aliphatic carbocycles. The number of rotatable bonds is 2. The third-order valence-electron chi connectivity index (χ3n) is 0.829. The predicted molar refractivity (Wildman–Crippen MR) is 37.5 cm³/mol. The molecule has 0 radical (unpaired) electrons. The average Bonchev–Trinajstić information content (AvgIpc) is 2.41. The smallest absolute Gasteiger partial charge is 0.241 e. The van der Waals surface area contributed by atoms with Crippen LogP contribution in [0.15, 0.2) is 22.0 Å². The van der Waals surface area contributed by atoms with Gasteiger partial charge in [0.15, 0.2) is 0 Å². The summed E-state index contributed by atoms with van der Waals surface area (Å²) in [6.07, 6.45) is 6.17. The summed E-state index contributed by atoms with van der Waals surface area (Å²) in [7, 11) is 0. The third kappa shape index (κ3) is 1.81. The van der Waals surface area contributed by atoms with Crippen molar-refractivity contribution >= 4 is 12.3 Å². The highest BCUT2D eigenvalue weighted by Crippen LogP contribution is 1.93. The molecule has 0 unspecified atom stereocenters. The molecular weight excluding hydrogens is 130 g/mol. The lowest BCUT2D eigenvalue weighted by atomic mass is 10.6. The Kier molecular flexibility index (Phi) is 2.37. The first kappa shape index (κ1) is 6.67. The van der Waals surface area contributed by atoms with Crippen LogP contribution in [0, 0.1) is 0 Å². The minimum absolute atomic E-state index is 0.464. The van der Waals surface area contributed by atoms with Gasteiger partial charge < -0.3 is 4.42 Å². The van der Waals surface area contributed by atoms with Crippen molar-refractivity contribution in [3.63, 3.8) is 0 Å². The van der Waals surface area contributed by atoms with Crippen molar-refractivity contribution in [2.75, 3.05) is 0 Å². The molecule has 0 aliphatic rings. The molecule has 10 heavy (non-hydrogen) atoms. The molecule has 0 N–H and O–H groups in total. The zero-order valence-electron chi connectivity index (χ0n) is 5.56. The van der Waals surface area contributed by atoms with Crippen LogP contribution < -0.4 is 0 Å². The van der Waals surface area contributed by atoms with Crippen molar-refractivity contribution in [2.24, 2.45) is 4.99 Å². The quantitative estimate of drug-likeness (QED) is 0.574. The Bertz CT molecular complexity index is 225. The van der Waals surface area contributed by atoms with Crippen molar-refractivity contribution < 1.29 is 4.42 Å². The predicted octanol–water partition coefficient (Wildman–Crippen LogP) is 1.13. The molecule has 0 atom stereocenters. The van der Waals surface area contributed by atoms with Crippen molar-refractivity contribution in [1.29, 1.82) is 0 Å². The summed E-state index contributed by atoms with van der Waals surface area (Å²) in [6.45, 7) is 1.83. The van der Waals surface area contributed by atoms with Crippen LogP contribution in [0.1, 0.15) is 12.8 Å².